The fraction of sp³-hybridized carbons (Fsp3) is 0.583. The van der Waals surface area contributed by atoms with Crippen LogP contribution in [-0.4, -0.2) is 28.0 Å². The van der Waals surface area contributed by atoms with Crippen LogP contribution in [0.15, 0.2) is 0 Å². The second kappa shape index (κ2) is 6.77. The lowest BCUT2D eigenvalue weighted by Gasteiger charge is -2.07. The Hall–Kier alpha value is -2.05. The number of imidazole rings is 1. The average molecular weight is 268 g/mol. The van der Waals surface area contributed by atoms with E-state index in [1.807, 2.05) is 6.92 Å². The lowest BCUT2D eigenvalue weighted by molar-refractivity contribution is -0.118. The summed E-state index contributed by atoms with van der Waals surface area (Å²) in [5, 5.41) is 0. The zero-order valence-electron chi connectivity index (χ0n) is 11.3. The number of aromatic nitrogens is 2. The van der Waals surface area contributed by atoms with E-state index in [9.17, 15) is 9.59 Å². The van der Waals surface area contributed by atoms with E-state index in [2.05, 4.69) is 4.98 Å². The van der Waals surface area contributed by atoms with E-state index in [1.54, 1.807) is 11.5 Å². The molecule has 0 bridgehead atoms. The maximum atomic E-state index is 11.7. The van der Waals surface area contributed by atoms with Gasteiger partial charge in [-0.05, 0) is 13.3 Å². The molecule has 7 heteroatoms. The van der Waals surface area contributed by atoms with Crippen molar-refractivity contribution in [2.45, 2.75) is 39.7 Å². The van der Waals surface area contributed by atoms with Crippen LogP contribution in [-0.2, 0) is 22.5 Å². The monoisotopic (exact) mass is 268 g/mol. The lowest BCUT2D eigenvalue weighted by atomic mass is 10.3. The maximum Gasteiger partial charge on any atom is 0.360 e. The van der Waals surface area contributed by atoms with Gasteiger partial charge in [-0.1, -0.05) is 6.92 Å². The van der Waals surface area contributed by atoms with Gasteiger partial charge in [0.15, 0.2) is 5.69 Å². The van der Waals surface area contributed by atoms with Crippen molar-refractivity contribution < 1.29 is 14.3 Å². The third-order valence-corrected chi connectivity index (χ3v) is 2.68. The topological polar surface area (TPSA) is 113 Å². The molecule has 0 aromatic carbocycles. The second-order valence-electron chi connectivity index (χ2n) is 4.06. The van der Waals surface area contributed by atoms with Gasteiger partial charge in [-0.2, -0.15) is 0 Å². The van der Waals surface area contributed by atoms with Crippen LogP contribution in [0.5, 0.6) is 0 Å². The number of rotatable bonds is 7. The van der Waals surface area contributed by atoms with E-state index >= 15 is 0 Å². The molecule has 0 aliphatic rings. The van der Waals surface area contributed by atoms with E-state index < -0.39 is 5.97 Å². The molecular formula is C12H20N4O3. The average Bonchev–Trinajstić information content (AvgIpc) is 2.67. The predicted octanol–water partition coefficient (Wildman–Crippen LogP) is 0.470. The van der Waals surface area contributed by atoms with E-state index in [1.165, 1.54) is 0 Å². The highest BCUT2D eigenvalue weighted by Gasteiger charge is 2.20. The molecule has 0 aliphatic heterocycles. The highest BCUT2D eigenvalue weighted by atomic mass is 16.5. The zero-order chi connectivity index (χ0) is 14.4. The first kappa shape index (κ1) is 15.0. The molecule has 1 aromatic heterocycles. The van der Waals surface area contributed by atoms with Gasteiger partial charge in [0.05, 0.1) is 6.61 Å². The van der Waals surface area contributed by atoms with Crippen LogP contribution in [0.1, 0.15) is 43.0 Å². The Kier molecular flexibility index (Phi) is 5.35. The van der Waals surface area contributed by atoms with Crippen molar-refractivity contribution in [1.82, 2.24) is 9.55 Å². The molecule has 0 aliphatic carbocycles. The fourth-order valence-corrected chi connectivity index (χ4v) is 1.79. The number of primary amides is 1. The highest BCUT2D eigenvalue weighted by Crippen LogP contribution is 2.17. The first-order valence-electron chi connectivity index (χ1n) is 6.31. The molecule has 0 atom stereocenters. The van der Waals surface area contributed by atoms with Crippen LogP contribution in [0.25, 0.3) is 0 Å². The minimum absolute atomic E-state index is 0.137. The number of esters is 1. The van der Waals surface area contributed by atoms with Crippen LogP contribution >= 0.6 is 0 Å². The Morgan fingerprint density at radius 3 is 2.58 bits per heavy atom. The predicted molar refractivity (Wildman–Crippen MR) is 70.4 cm³/mol. The molecule has 0 radical (unpaired) electrons. The van der Waals surface area contributed by atoms with Gasteiger partial charge in [0, 0.05) is 19.4 Å². The van der Waals surface area contributed by atoms with Gasteiger partial charge in [-0.3, -0.25) is 4.79 Å². The second-order valence-corrected chi connectivity index (χ2v) is 4.06. The summed E-state index contributed by atoms with van der Waals surface area (Å²) in [7, 11) is 0. The van der Waals surface area contributed by atoms with Crippen molar-refractivity contribution in [2.24, 2.45) is 5.73 Å². The SMILES string of the molecule is CCOC(=O)c1nc(CC)n(CCCC(N)=O)c1N. The van der Waals surface area contributed by atoms with Crippen LogP contribution in [0.3, 0.4) is 0 Å². The number of hydrogen-bond donors (Lipinski definition) is 2. The first-order valence-corrected chi connectivity index (χ1v) is 6.31. The van der Waals surface area contributed by atoms with Gasteiger partial charge in [0.1, 0.15) is 11.6 Å². The molecule has 106 valence electrons. The van der Waals surface area contributed by atoms with Crippen LogP contribution in [0, 0.1) is 0 Å². The van der Waals surface area contributed by atoms with E-state index in [4.69, 9.17) is 16.2 Å². The quantitative estimate of drug-likeness (QED) is 0.698. The van der Waals surface area contributed by atoms with Crippen molar-refractivity contribution in [3.8, 4) is 0 Å². The van der Waals surface area contributed by atoms with E-state index in [-0.39, 0.29) is 30.4 Å². The summed E-state index contributed by atoms with van der Waals surface area (Å²) in [6.45, 7) is 4.42. The Morgan fingerprint density at radius 1 is 1.37 bits per heavy atom. The van der Waals surface area contributed by atoms with E-state index in [0.29, 0.717) is 25.2 Å². The van der Waals surface area contributed by atoms with Crippen molar-refractivity contribution in [3.05, 3.63) is 11.5 Å². The highest BCUT2D eigenvalue weighted by molar-refractivity contribution is 5.92. The Labute approximate surface area is 111 Å². The number of carbonyl (C=O) groups is 2. The van der Waals surface area contributed by atoms with Crippen molar-refractivity contribution in [3.63, 3.8) is 0 Å². The van der Waals surface area contributed by atoms with E-state index in [0.717, 1.165) is 0 Å². The van der Waals surface area contributed by atoms with Crippen LogP contribution in [0.2, 0.25) is 0 Å². The maximum absolute atomic E-state index is 11.7. The number of anilines is 1. The van der Waals surface area contributed by atoms with Crippen molar-refractivity contribution >= 4 is 17.7 Å². The van der Waals surface area contributed by atoms with Crippen LogP contribution < -0.4 is 11.5 Å². The first-order chi connectivity index (χ1) is 9.01. The summed E-state index contributed by atoms with van der Waals surface area (Å²) < 4.78 is 6.63. The molecule has 0 spiro atoms. The number of amides is 1. The molecule has 19 heavy (non-hydrogen) atoms. The molecule has 0 unspecified atom stereocenters. The fourth-order valence-electron chi connectivity index (χ4n) is 1.79. The Balaban J connectivity index is 2.90. The number of hydrogen-bond acceptors (Lipinski definition) is 5. The number of aryl methyl sites for hydroxylation is 1. The Morgan fingerprint density at radius 2 is 2.05 bits per heavy atom. The molecule has 1 rings (SSSR count). The summed E-state index contributed by atoms with van der Waals surface area (Å²) in [5.41, 5.74) is 11.1. The molecular weight excluding hydrogens is 248 g/mol. The van der Waals surface area contributed by atoms with Gasteiger partial charge >= 0.3 is 5.97 Å². The summed E-state index contributed by atoms with van der Waals surface area (Å²) in [4.78, 5) is 26.6. The molecule has 0 saturated heterocycles. The number of nitrogen functional groups attached to an aromatic ring is 1. The van der Waals surface area contributed by atoms with Crippen molar-refractivity contribution in [2.75, 3.05) is 12.3 Å². The number of ether oxygens (including phenoxy) is 1. The molecule has 1 heterocycles. The van der Waals surface area contributed by atoms with Gasteiger partial charge in [0.25, 0.3) is 0 Å². The largest absolute Gasteiger partial charge is 0.461 e. The molecule has 7 nitrogen and oxygen atoms in total. The third-order valence-electron chi connectivity index (χ3n) is 2.68. The number of carbonyl (C=O) groups excluding carboxylic acids is 2. The van der Waals surface area contributed by atoms with Crippen LogP contribution in [0.4, 0.5) is 5.82 Å². The molecule has 1 amide bonds. The summed E-state index contributed by atoms with van der Waals surface area (Å²) in [6.07, 6.45) is 1.47. The summed E-state index contributed by atoms with van der Waals surface area (Å²) >= 11 is 0. The molecule has 1 aromatic rings. The molecule has 0 fully saturated rings. The van der Waals surface area contributed by atoms with Gasteiger partial charge in [-0.25, -0.2) is 9.78 Å². The zero-order valence-corrected chi connectivity index (χ0v) is 11.3. The summed E-state index contributed by atoms with van der Waals surface area (Å²) in [6, 6.07) is 0. The molecule has 4 N–H and O–H groups in total. The van der Waals surface area contributed by atoms with Gasteiger partial charge < -0.3 is 20.8 Å². The van der Waals surface area contributed by atoms with Gasteiger partial charge in [-0.15, -0.1) is 0 Å². The minimum atomic E-state index is -0.525. The Bertz CT molecular complexity index is 468. The van der Waals surface area contributed by atoms with Gasteiger partial charge in [0.2, 0.25) is 5.91 Å². The number of nitrogens with zero attached hydrogens (tertiary/aromatic N) is 2. The molecule has 0 saturated carbocycles. The lowest BCUT2D eigenvalue weighted by Crippen LogP contribution is -2.14. The number of nitrogens with two attached hydrogens (primary N) is 2. The summed E-state index contributed by atoms with van der Waals surface area (Å²) in [5.74, 6) is 0.0931. The normalized spacial score (nSPS) is 10.4. The smallest absolute Gasteiger partial charge is 0.360 e. The third kappa shape index (κ3) is 3.70. The van der Waals surface area contributed by atoms with Crippen molar-refractivity contribution in [1.29, 1.82) is 0 Å². The minimum Gasteiger partial charge on any atom is -0.461 e. The standard InChI is InChI=1S/C12H20N4O3/c1-3-9-15-10(12(18)19-4-2)11(14)16(9)7-5-6-8(13)17/h3-7,14H2,1-2H3,(H2,13,17).